The van der Waals surface area contributed by atoms with Gasteiger partial charge < -0.3 is 15.4 Å². The van der Waals surface area contributed by atoms with Crippen LogP contribution in [0.3, 0.4) is 0 Å². The smallest absolute Gasteiger partial charge is 0.252 e. The van der Waals surface area contributed by atoms with Crippen molar-refractivity contribution in [3.8, 4) is 11.1 Å². The number of rotatable bonds is 4. The van der Waals surface area contributed by atoms with Gasteiger partial charge >= 0.3 is 0 Å². The lowest BCUT2D eigenvalue weighted by Crippen LogP contribution is -2.10. The lowest BCUT2D eigenvalue weighted by molar-refractivity contribution is 0.100. The molecule has 4 aromatic rings. The van der Waals surface area contributed by atoms with Crippen LogP contribution in [0.15, 0.2) is 55.1 Å². The molecule has 0 atom stereocenters. The zero-order valence-electron chi connectivity index (χ0n) is 20.6. The van der Waals surface area contributed by atoms with Crippen molar-refractivity contribution in [2.45, 2.75) is 58.6 Å². The number of pyridine rings is 1. The minimum Gasteiger partial charge on any atom is -0.393 e. The molecular formula is C27H34FN5O2. The normalized spacial score (nSPS) is 13.5. The van der Waals surface area contributed by atoms with Gasteiger partial charge in [-0.15, -0.1) is 0 Å². The van der Waals surface area contributed by atoms with Crippen LogP contribution >= 0.6 is 0 Å². The van der Waals surface area contributed by atoms with E-state index in [1.54, 1.807) is 40.0 Å². The van der Waals surface area contributed by atoms with Crippen LogP contribution < -0.4 is 5.73 Å². The Balaban J connectivity index is 0.000000324. The Labute approximate surface area is 205 Å². The van der Waals surface area contributed by atoms with Crippen LogP contribution in [0.25, 0.3) is 22.2 Å². The molecular weight excluding hydrogens is 445 g/mol. The maximum atomic E-state index is 14.6. The second-order valence-corrected chi connectivity index (χ2v) is 8.41. The van der Waals surface area contributed by atoms with E-state index in [1.807, 2.05) is 39.2 Å². The summed E-state index contributed by atoms with van der Waals surface area (Å²) < 4.78 is 18.1. The van der Waals surface area contributed by atoms with Gasteiger partial charge in [0.25, 0.3) is 5.91 Å². The maximum absolute atomic E-state index is 14.6. The predicted octanol–water partition coefficient (Wildman–Crippen LogP) is 5.06. The molecule has 186 valence electrons. The molecule has 0 radical (unpaired) electrons. The van der Waals surface area contributed by atoms with E-state index in [2.05, 4.69) is 10.1 Å². The number of amides is 1. The van der Waals surface area contributed by atoms with Crippen molar-refractivity contribution >= 4 is 16.9 Å². The standard InChI is InChI=1S/C19H16FN5O.C6H12O.C2H6/c1-24-9-14(8-23-24)12-4-5-13(16(20)7-12)10-25-11-15(19(21)26)18-17(25)3-2-6-22-18;7-6-4-2-1-3-5-6;1-2/h2-9,11H,10H2,1H3,(H2,21,26);6-7H,1-5H2;1-2H3. The summed E-state index contributed by atoms with van der Waals surface area (Å²) in [6, 6.07) is 8.69. The van der Waals surface area contributed by atoms with Crippen LogP contribution in [0.4, 0.5) is 4.39 Å². The number of hydrogen-bond acceptors (Lipinski definition) is 4. The molecule has 0 saturated heterocycles. The third kappa shape index (κ3) is 6.54. The lowest BCUT2D eigenvalue weighted by atomic mass is 9.98. The fraction of sp³-hybridized carbons (Fsp3) is 0.370. The topological polar surface area (TPSA) is 99.0 Å². The maximum Gasteiger partial charge on any atom is 0.252 e. The monoisotopic (exact) mass is 479 g/mol. The molecule has 1 aliphatic carbocycles. The van der Waals surface area contributed by atoms with Crippen molar-refractivity contribution < 1.29 is 14.3 Å². The molecule has 1 aromatic carbocycles. The largest absolute Gasteiger partial charge is 0.393 e. The predicted molar refractivity (Wildman–Crippen MR) is 136 cm³/mol. The third-order valence-electron chi connectivity index (χ3n) is 5.91. The van der Waals surface area contributed by atoms with E-state index in [0.717, 1.165) is 29.5 Å². The van der Waals surface area contributed by atoms with E-state index in [9.17, 15) is 9.18 Å². The van der Waals surface area contributed by atoms with Crippen molar-refractivity contribution in [3.05, 3.63) is 72.1 Å². The van der Waals surface area contributed by atoms with E-state index in [-0.39, 0.29) is 18.5 Å². The van der Waals surface area contributed by atoms with Crippen LogP contribution in [-0.4, -0.2) is 36.4 Å². The number of halogens is 1. The van der Waals surface area contributed by atoms with Gasteiger partial charge in [-0.2, -0.15) is 5.10 Å². The summed E-state index contributed by atoms with van der Waals surface area (Å²) in [6.07, 6.45) is 12.7. The number of carbonyl (C=O) groups excluding carboxylic acids is 1. The average molecular weight is 480 g/mol. The van der Waals surface area contributed by atoms with Gasteiger partial charge in [0, 0.05) is 36.8 Å². The Morgan fingerprint density at radius 1 is 1.14 bits per heavy atom. The summed E-state index contributed by atoms with van der Waals surface area (Å²) in [5.41, 5.74) is 9.13. The second-order valence-electron chi connectivity index (χ2n) is 8.41. The first kappa shape index (κ1) is 26.1. The second kappa shape index (κ2) is 12.3. The van der Waals surface area contributed by atoms with Crippen LogP contribution in [0.5, 0.6) is 0 Å². The molecule has 3 N–H and O–H groups in total. The van der Waals surface area contributed by atoms with Crippen LogP contribution in [0, 0.1) is 5.82 Å². The molecule has 35 heavy (non-hydrogen) atoms. The van der Waals surface area contributed by atoms with Crippen molar-refractivity contribution in [2.75, 3.05) is 0 Å². The number of aliphatic hydroxyl groups is 1. The Morgan fingerprint density at radius 2 is 1.89 bits per heavy atom. The first-order chi connectivity index (χ1) is 16.9. The summed E-state index contributed by atoms with van der Waals surface area (Å²) in [4.78, 5) is 15.9. The molecule has 1 aliphatic rings. The molecule has 8 heteroatoms. The van der Waals surface area contributed by atoms with Crippen molar-refractivity contribution in [3.63, 3.8) is 0 Å². The Morgan fingerprint density at radius 3 is 2.46 bits per heavy atom. The Hall–Kier alpha value is -3.52. The highest BCUT2D eigenvalue weighted by molar-refractivity contribution is 6.04. The molecule has 0 aliphatic heterocycles. The summed E-state index contributed by atoms with van der Waals surface area (Å²) in [7, 11) is 1.82. The fourth-order valence-corrected chi connectivity index (χ4v) is 4.12. The highest BCUT2D eigenvalue weighted by Gasteiger charge is 2.15. The van der Waals surface area contributed by atoms with Crippen LogP contribution in [0.2, 0.25) is 0 Å². The quantitative estimate of drug-likeness (QED) is 0.427. The number of hydrogen-bond donors (Lipinski definition) is 2. The van der Waals surface area contributed by atoms with Gasteiger partial charge in [-0.25, -0.2) is 4.39 Å². The summed E-state index contributed by atoms with van der Waals surface area (Å²) >= 11 is 0. The molecule has 1 fully saturated rings. The lowest BCUT2D eigenvalue weighted by Gasteiger charge is -2.14. The van der Waals surface area contributed by atoms with Crippen LogP contribution in [-0.2, 0) is 13.6 Å². The number of aryl methyl sites for hydroxylation is 1. The van der Waals surface area contributed by atoms with E-state index < -0.39 is 5.91 Å². The summed E-state index contributed by atoms with van der Waals surface area (Å²) in [5.74, 6) is -0.877. The van der Waals surface area contributed by atoms with E-state index in [4.69, 9.17) is 10.8 Å². The number of aromatic nitrogens is 4. The van der Waals surface area contributed by atoms with Gasteiger partial charge in [-0.3, -0.25) is 14.5 Å². The van der Waals surface area contributed by atoms with E-state index in [0.29, 0.717) is 16.6 Å². The number of nitrogens with two attached hydrogens (primary N) is 1. The molecule has 0 spiro atoms. The van der Waals surface area contributed by atoms with Gasteiger partial charge in [0.15, 0.2) is 0 Å². The Bertz CT molecular complexity index is 1260. The molecule has 3 aromatic heterocycles. The number of primary amides is 1. The molecule has 5 rings (SSSR count). The van der Waals surface area contributed by atoms with Gasteiger partial charge in [0.1, 0.15) is 11.3 Å². The van der Waals surface area contributed by atoms with Gasteiger partial charge in [-0.1, -0.05) is 45.2 Å². The molecule has 1 saturated carbocycles. The first-order valence-electron chi connectivity index (χ1n) is 12.1. The van der Waals surface area contributed by atoms with E-state index >= 15 is 0 Å². The number of nitrogens with zero attached hydrogens (tertiary/aromatic N) is 4. The minimum absolute atomic E-state index is 0.0359. The molecule has 0 unspecified atom stereocenters. The molecule has 7 nitrogen and oxygen atoms in total. The number of carbonyl (C=O) groups is 1. The zero-order valence-corrected chi connectivity index (χ0v) is 20.6. The summed E-state index contributed by atoms with van der Waals surface area (Å²) in [6.45, 7) is 4.27. The van der Waals surface area contributed by atoms with E-state index in [1.165, 1.54) is 25.3 Å². The third-order valence-corrected chi connectivity index (χ3v) is 5.91. The number of fused-ring (bicyclic) bond motifs is 1. The van der Waals surface area contributed by atoms with Crippen molar-refractivity contribution in [1.82, 2.24) is 19.3 Å². The first-order valence-corrected chi connectivity index (χ1v) is 12.1. The number of aliphatic hydroxyl groups excluding tert-OH is 1. The van der Waals surface area contributed by atoms with Crippen LogP contribution in [0.1, 0.15) is 61.9 Å². The Kier molecular flexibility index (Phi) is 9.14. The highest BCUT2D eigenvalue weighted by atomic mass is 19.1. The zero-order chi connectivity index (χ0) is 25.4. The fourth-order valence-electron chi connectivity index (χ4n) is 4.12. The SMILES string of the molecule is CC.Cn1cc(-c2ccc(Cn3cc(C(N)=O)c4ncccc43)c(F)c2)cn1.OC1CCCCC1. The van der Waals surface area contributed by atoms with Crippen molar-refractivity contribution in [2.24, 2.45) is 12.8 Å². The number of benzene rings is 1. The summed E-state index contributed by atoms with van der Waals surface area (Å²) in [5, 5.41) is 13.0. The molecule has 1 amide bonds. The van der Waals surface area contributed by atoms with Gasteiger partial charge in [0.2, 0.25) is 0 Å². The van der Waals surface area contributed by atoms with Gasteiger partial charge in [0.05, 0.1) is 29.9 Å². The average Bonchev–Trinajstić information content (AvgIpc) is 3.47. The van der Waals surface area contributed by atoms with Crippen molar-refractivity contribution in [1.29, 1.82) is 0 Å². The van der Waals surface area contributed by atoms with Gasteiger partial charge in [-0.05, 0) is 36.6 Å². The molecule has 3 heterocycles. The highest BCUT2D eigenvalue weighted by Crippen LogP contribution is 2.24. The molecule has 0 bridgehead atoms. The minimum atomic E-state index is -0.556.